The molecule has 0 radical (unpaired) electrons. The van der Waals surface area contributed by atoms with Crippen molar-refractivity contribution in [3.05, 3.63) is 59.9 Å². The van der Waals surface area contributed by atoms with Crippen LogP contribution in [0.5, 0.6) is 0 Å². The minimum atomic E-state index is -0.172. The van der Waals surface area contributed by atoms with Gasteiger partial charge in [-0.1, -0.05) is 18.6 Å². The lowest BCUT2D eigenvalue weighted by Crippen LogP contribution is -2.64. The SMILES string of the molecule is O=C(c1cnccn1)N1C[C@H]2C[C@@H](C1)[C@H](Cc1cccc(F)c1)N1CCCC[C@@H]21. The van der Waals surface area contributed by atoms with Crippen LogP contribution in [-0.2, 0) is 6.42 Å². The Morgan fingerprint density at radius 3 is 2.90 bits per heavy atom. The first-order chi connectivity index (χ1) is 14.2. The molecule has 4 heterocycles. The molecule has 2 aromatic rings. The Morgan fingerprint density at radius 1 is 1.17 bits per heavy atom. The van der Waals surface area contributed by atoms with Crippen molar-refractivity contribution in [3.8, 4) is 0 Å². The number of benzene rings is 1. The average molecular weight is 394 g/mol. The van der Waals surface area contributed by atoms with E-state index in [4.69, 9.17) is 0 Å². The number of hydrogen-bond acceptors (Lipinski definition) is 4. The lowest BCUT2D eigenvalue weighted by atomic mass is 9.71. The molecule has 0 N–H and O–H groups in total. The number of halogens is 1. The van der Waals surface area contributed by atoms with Crippen LogP contribution in [0.15, 0.2) is 42.9 Å². The minimum Gasteiger partial charge on any atom is -0.337 e. The zero-order valence-electron chi connectivity index (χ0n) is 16.6. The Balaban J connectivity index is 1.41. The Labute approximate surface area is 171 Å². The van der Waals surface area contributed by atoms with Crippen LogP contribution in [0.1, 0.15) is 41.7 Å². The minimum absolute atomic E-state index is 0.0124. The Morgan fingerprint density at radius 2 is 2.07 bits per heavy atom. The molecular formula is C23H27FN4O. The molecule has 3 aliphatic heterocycles. The third kappa shape index (κ3) is 3.66. The van der Waals surface area contributed by atoms with Gasteiger partial charge in [-0.25, -0.2) is 9.37 Å². The predicted molar refractivity (Wildman–Crippen MR) is 108 cm³/mol. The van der Waals surface area contributed by atoms with E-state index in [9.17, 15) is 9.18 Å². The molecule has 1 aromatic carbocycles. The molecule has 1 aromatic heterocycles. The molecule has 0 spiro atoms. The Hall–Kier alpha value is -2.34. The van der Waals surface area contributed by atoms with Gasteiger partial charge in [0.15, 0.2) is 0 Å². The molecule has 3 saturated heterocycles. The molecule has 5 nitrogen and oxygen atoms in total. The standard InChI is InChI=1S/C23H27FN4O/c24-19-5-3-4-16(10-19)11-22-18-12-17(21-6-1-2-9-28(21)22)14-27(15-18)23(29)20-13-25-7-8-26-20/h3-5,7-8,10,13,17-18,21-22H,1-2,6,9,11-12,14-15H2/t17-,18+,21+,22+/m1/s1. The topological polar surface area (TPSA) is 49.3 Å². The highest BCUT2D eigenvalue weighted by atomic mass is 19.1. The maximum absolute atomic E-state index is 13.8. The van der Waals surface area contributed by atoms with Gasteiger partial charge in [0, 0.05) is 37.6 Å². The van der Waals surface area contributed by atoms with Crippen LogP contribution in [0.3, 0.4) is 0 Å². The summed E-state index contributed by atoms with van der Waals surface area (Å²) in [5.41, 5.74) is 1.48. The summed E-state index contributed by atoms with van der Waals surface area (Å²) in [5, 5.41) is 0. The third-order valence-corrected chi connectivity index (χ3v) is 7.03. The first-order valence-electron chi connectivity index (χ1n) is 10.7. The molecule has 152 valence electrons. The van der Waals surface area contributed by atoms with E-state index in [1.807, 2.05) is 11.0 Å². The number of amides is 1. The van der Waals surface area contributed by atoms with E-state index in [1.165, 1.54) is 25.3 Å². The average Bonchev–Trinajstić information content (AvgIpc) is 2.77. The van der Waals surface area contributed by atoms with E-state index in [1.54, 1.807) is 30.7 Å². The van der Waals surface area contributed by atoms with Gasteiger partial charge < -0.3 is 4.90 Å². The Kier molecular flexibility index (Phi) is 5.04. The number of nitrogens with zero attached hydrogens (tertiary/aromatic N) is 4. The number of rotatable bonds is 3. The summed E-state index contributed by atoms with van der Waals surface area (Å²) >= 11 is 0. The van der Waals surface area contributed by atoms with E-state index in [-0.39, 0.29) is 11.7 Å². The van der Waals surface area contributed by atoms with Crippen molar-refractivity contribution < 1.29 is 9.18 Å². The van der Waals surface area contributed by atoms with Gasteiger partial charge in [-0.05, 0) is 61.8 Å². The number of fused-ring (bicyclic) bond motifs is 4. The Bertz CT molecular complexity index is 876. The van der Waals surface area contributed by atoms with E-state index in [0.29, 0.717) is 29.6 Å². The second kappa shape index (κ2) is 7.82. The second-order valence-corrected chi connectivity index (χ2v) is 8.76. The zero-order valence-corrected chi connectivity index (χ0v) is 16.6. The van der Waals surface area contributed by atoms with Crippen LogP contribution in [-0.4, -0.2) is 57.4 Å². The van der Waals surface area contributed by atoms with Gasteiger partial charge in [0.25, 0.3) is 5.91 Å². The molecule has 0 aliphatic carbocycles. The number of hydrogen-bond donors (Lipinski definition) is 0. The molecule has 3 aliphatic rings. The van der Waals surface area contributed by atoms with Crippen molar-refractivity contribution in [2.75, 3.05) is 19.6 Å². The van der Waals surface area contributed by atoms with Gasteiger partial charge in [0.2, 0.25) is 0 Å². The van der Waals surface area contributed by atoms with Gasteiger partial charge in [-0.15, -0.1) is 0 Å². The normalized spacial score (nSPS) is 29.3. The molecule has 3 fully saturated rings. The molecule has 0 unspecified atom stereocenters. The van der Waals surface area contributed by atoms with E-state index in [0.717, 1.165) is 38.0 Å². The molecule has 4 atom stereocenters. The van der Waals surface area contributed by atoms with Gasteiger partial charge in [-0.3, -0.25) is 14.7 Å². The molecule has 29 heavy (non-hydrogen) atoms. The molecule has 2 bridgehead atoms. The summed E-state index contributed by atoms with van der Waals surface area (Å²) in [6, 6.07) is 7.88. The van der Waals surface area contributed by atoms with Crippen molar-refractivity contribution in [2.24, 2.45) is 11.8 Å². The molecule has 0 saturated carbocycles. The highest BCUT2D eigenvalue weighted by molar-refractivity contribution is 5.92. The first-order valence-corrected chi connectivity index (χ1v) is 10.7. The summed E-state index contributed by atoms with van der Waals surface area (Å²) < 4.78 is 13.8. The van der Waals surface area contributed by atoms with Crippen LogP contribution >= 0.6 is 0 Å². The summed E-state index contributed by atoms with van der Waals surface area (Å²) in [6.07, 6.45) is 10.4. The summed E-state index contributed by atoms with van der Waals surface area (Å²) in [5.74, 6) is 0.737. The number of carbonyl (C=O) groups excluding carboxylic acids is 1. The maximum atomic E-state index is 13.8. The van der Waals surface area contributed by atoms with Gasteiger partial charge >= 0.3 is 0 Å². The van der Waals surface area contributed by atoms with Crippen LogP contribution < -0.4 is 0 Å². The van der Waals surface area contributed by atoms with E-state index >= 15 is 0 Å². The van der Waals surface area contributed by atoms with Crippen LogP contribution in [0, 0.1) is 17.7 Å². The molecule has 5 rings (SSSR count). The number of aromatic nitrogens is 2. The lowest BCUT2D eigenvalue weighted by Gasteiger charge is -2.57. The first kappa shape index (κ1) is 18.7. The largest absolute Gasteiger partial charge is 0.337 e. The van der Waals surface area contributed by atoms with Crippen molar-refractivity contribution in [1.29, 1.82) is 0 Å². The maximum Gasteiger partial charge on any atom is 0.274 e. The fraction of sp³-hybridized carbons (Fsp3) is 0.522. The van der Waals surface area contributed by atoms with Crippen molar-refractivity contribution >= 4 is 5.91 Å². The zero-order chi connectivity index (χ0) is 19.8. The lowest BCUT2D eigenvalue weighted by molar-refractivity contribution is -0.0643. The monoisotopic (exact) mass is 394 g/mol. The van der Waals surface area contributed by atoms with Gasteiger partial charge in [-0.2, -0.15) is 0 Å². The third-order valence-electron chi connectivity index (χ3n) is 7.03. The fourth-order valence-corrected chi connectivity index (χ4v) is 5.83. The van der Waals surface area contributed by atoms with Gasteiger partial charge in [0.1, 0.15) is 11.5 Å². The number of carbonyl (C=O) groups is 1. The van der Waals surface area contributed by atoms with Crippen molar-refractivity contribution in [3.63, 3.8) is 0 Å². The summed E-state index contributed by atoms with van der Waals surface area (Å²) in [7, 11) is 0. The number of piperidine rings is 3. The smallest absolute Gasteiger partial charge is 0.274 e. The number of likely N-dealkylation sites (tertiary alicyclic amines) is 1. The van der Waals surface area contributed by atoms with E-state index < -0.39 is 0 Å². The molecule has 1 amide bonds. The van der Waals surface area contributed by atoms with Crippen LogP contribution in [0.4, 0.5) is 4.39 Å². The predicted octanol–water partition coefficient (Wildman–Crippen LogP) is 3.17. The summed E-state index contributed by atoms with van der Waals surface area (Å²) in [4.78, 5) is 26.0. The van der Waals surface area contributed by atoms with Crippen LogP contribution in [0.2, 0.25) is 0 Å². The highest BCUT2D eigenvalue weighted by Gasteiger charge is 2.47. The van der Waals surface area contributed by atoms with Crippen molar-refractivity contribution in [1.82, 2.24) is 19.8 Å². The highest BCUT2D eigenvalue weighted by Crippen LogP contribution is 2.42. The van der Waals surface area contributed by atoms with Gasteiger partial charge in [0.05, 0.1) is 6.20 Å². The molecular weight excluding hydrogens is 367 g/mol. The quantitative estimate of drug-likeness (QED) is 0.802. The van der Waals surface area contributed by atoms with E-state index in [2.05, 4.69) is 14.9 Å². The fourth-order valence-electron chi connectivity index (χ4n) is 5.83. The van der Waals surface area contributed by atoms with Crippen molar-refractivity contribution in [2.45, 2.75) is 44.2 Å². The van der Waals surface area contributed by atoms with Crippen LogP contribution in [0.25, 0.3) is 0 Å². The molecule has 6 heteroatoms. The summed E-state index contributed by atoms with van der Waals surface area (Å²) in [6.45, 7) is 2.67. The second-order valence-electron chi connectivity index (χ2n) is 8.76.